The van der Waals surface area contributed by atoms with Crippen molar-refractivity contribution in [3.8, 4) is 5.75 Å². The van der Waals surface area contributed by atoms with Gasteiger partial charge < -0.3 is 9.84 Å². The van der Waals surface area contributed by atoms with Gasteiger partial charge in [0.25, 0.3) is 0 Å². The highest BCUT2D eigenvalue weighted by Crippen LogP contribution is 2.16. The van der Waals surface area contributed by atoms with Crippen molar-refractivity contribution in [2.75, 3.05) is 6.61 Å². The van der Waals surface area contributed by atoms with Gasteiger partial charge in [-0.1, -0.05) is 23.7 Å². The molecule has 0 aliphatic carbocycles. The third-order valence-electron chi connectivity index (χ3n) is 1.70. The topological polar surface area (TPSA) is 46.5 Å². The van der Waals surface area contributed by atoms with Gasteiger partial charge in [0.15, 0.2) is 0 Å². The van der Waals surface area contributed by atoms with Crippen molar-refractivity contribution < 1.29 is 14.6 Å². The van der Waals surface area contributed by atoms with Crippen LogP contribution < -0.4 is 0 Å². The average Bonchev–Trinajstić information content (AvgIpc) is 2.17. The normalized spacial score (nSPS) is 11.2. The first-order chi connectivity index (χ1) is 7.11. The van der Waals surface area contributed by atoms with Gasteiger partial charge in [-0.25, -0.2) is 4.79 Å². The molecule has 4 heteroatoms. The lowest BCUT2D eigenvalue weighted by Gasteiger charge is -2.03. The monoisotopic (exact) mass is 226 g/mol. The molecule has 1 N–H and O–H groups in total. The molecule has 1 aromatic carbocycles. The van der Waals surface area contributed by atoms with Crippen molar-refractivity contribution in [2.24, 2.45) is 0 Å². The molecule has 15 heavy (non-hydrogen) atoms. The zero-order valence-electron chi connectivity index (χ0n) is 8.24. The summed E-state index contributed by atoms with van der Waals surface area (Å²) in [5.74, 6) is -0.656. The Hall–Kier alpha value is -1.48. The number of halogens is 1. The Balaban J connectivity index is 2.62. The lowest BCUT2D eigenvalue weighted by molar-refractivity contribution is 0.0546. The number of aromatic hydroxyl groups is 1. The number of benzene rings is 1. The van der Waals surface area contributed by atoms with Crippen LogP contribution >= 0.6 is 11.6 Å². The molecule has 0 radical (unpaired) electrons. The molecular weight excluding hydrogens is 216 g/mol. The van der Waals surface area contributed by atoms with Crippen LogP contribution in [0.3, 0.4) is 0 Å². The highest BCUT2D eigenvalue weighted by Gasteiger charge is 2.10. The summed E-state index contributed by atoms with van der Waals surface area (Å²) in [6.45, 7) is 1.79. The lowest BCUT2D eigenvalue weighted by Crippen LogP contribution is -2.05. The largest absolute Gasteiger partial charge is 0.507 e. The van der Waals surface area contributed by atoms with Gasteiger partial charge in [-0.05, 0) is 25.1 Å². The zero-order chi connectivity index (χ0) is 11.3. The van der Waals surface area contributed by atoms with Crippen molar-refractivity contribution in [1.82, 2.24) is 0 Å². The van der Waals surface area contributed by atoms with Crippen molar-refractivity contribution >= 4 is 17.6 Å². The summed E-state index contributed by atoms with van der Waals surface area (Å²) in [6.07, 6.45) is 1.57. The standard InChI is InChI=1S/C11H11ClO3/c1-8(12)6-7-15-11(14)9-4-2-3-5-10(9)13/h2-6,13H,7H2,1H3. The van der Waals surface area contributed by atoms with E-state index in [0.717, 1.165) is 0 Å². The first-order valence-electron chi connectivity index (χ1n) is 4.38. The van der Waals surface area contributed by atoms with Crippen LogP contribution in [0.1, 0.15) is 17.3 Å². The second-order valence-corrected chi connectivity index (χ2v) is 3.50. The molecule has 0 bridgehead atoms. The van der Waals surface area contributed by atoms with Crippen LogP contribution in [0.25, 0.3) is 0 Å². The van der Waals surface area contributed by atoms with E-state index < -0.39 is 5.97 Å². The fourth-order valence-corrected chi connectivity index (χ4v) is 1.02. The Bertz CT molecular complexity index is 381. The minimum atomic E-state index is -0.567. The number of carbonyl (C=O) groups excluding carboxylic acids is 1. The maximum absolute atomic E-state index is 11.4. The maximum atomic E-state index is 11.4. The van der Waals surface area contributed by atoms with Gasteiger partial charge in [0, 0.05) is 5.03 Å². The predicted molar refractivity (Wildman–Crippen MR) is 58.0 cm³/mol. The van der Waals surface area contributed by atoms with Crippen LogP contribution in [-0.2, 0) is 4.74 Å². The summed E-state index contributed by atoms with van der Waals surface area (Å²) in [5, 5.41) is 9.90. The van der Waals surface area contributed by atoms with Crippen LogP contribution in [0, 0.1) is 0 Å². The lowest BCUT2D eigenvalue weighted by atomic mass is 10.2. The number of rotatable bonds is 3. The molecule has 0 fully saturated rings. The zero-order valence-corrected chi connectivity index (χ0v) is 8.99. The van der Waals surface area contributed by atoms with Gasteiger partial charge in [0.1, 0.15) is 17.9 Å². The van der Waals surface area contributed by atoms with Crippen molar-refractivity contribution in [2.45, 2.75) is 6.92 Å². The second kappa shape index (κ2) is 5.41. The third kappa shape index (κ3) is 3.64. The number of allylic oxidation sites excluding steroid dienone is 1. The molecule has 3 nitrogen and oxygen atoms in total. The SMILES string of the molecule is CC(Cl)=CCOC(=O)c1ccccc1O. The van der Waals surface area contributed by atoms with E-state index >= 15 is 0 Å². The number of esters is 1. The number of carbonyl (C=O) groups is 1. The first-order valence-corrected chi connectivity index (χ1v) is 4.76. The number of hydrogen-bond acceptors (Lipinski definition) is 3. The Morgan fingerprint density at radius 3 is 2.80 bits per heavy atom. The highest BCUT2D eigenvalue weighted by molar-refractivity contribution is 6.29. The van der Waals surface area contributed by atoms with Crippen molar-refractivity contribution in [1.29, 1.82) is 0 Å². The Morgan fingerprint density at radius 2 is 2.20 bits per heavy atom. The molecule has 0 saturated carbocycles. The Labute approximate surface area is 92.9 Å². The molecular formula is C11H11ClO3. The molecule has 1 rings (SSSR count). The maximum Gasteiger partial charge on any atom is 0.342 e. The van der Waals surface area contributed by atoms with E-state index in [1.54, 1.807) is 25.1 Å². The molecule has 0 aromatic heterocycles. The molecule has 0 saturated heterocycles. The van der Waals surface area contributed by atoms with E-state index in [9.17, 15) is 9.90 Å². The smallest absolute Gasteiger partial charge is 0.342 e. The van der Waals surface area contributed by atoms with Crippen molar-refractivity contribution in [3.05, 3.63) is 40.9 Å². The molecule has 0 atom stereocenters. The van der Waals surface area contributed by atoms with Crippen LogP contribution in [-0.4, -0.2) is 17.7 Å². The number of hydrogen-bond donors (Lipinski definition) is 1. The van der Waals surface area contributed by atoms with E-state index in [4.69, 9.17) is 16.3 Å². The molecule has 0 unspecified atom stereocenters. The number of phenols is 1. The summed E-state index contributed by atoms with van der Waals surface area (Å²) in [7, 11) is 0. The van der Waals surface area contributed by atoms with Gasteiger partial charge >= 0.3 is 5.97 Å². The summed E-state index contributed by atoms with van der Waals surface area (Å²) < 4.78 is 4.86. The molecule has 0 aliphatic heterocycles. The summed E-state index contributed by atoms with van der Waals surface area (Å²) in [4.78, 5) is 11.4. The van der Waals surface area contributed by atoms with Gasteiger partial charge in [0.05, 0.1) is 0 Å². The van der Waals surface area contributed by atoms with E-state index in [-0.39, 0.29) is 17.9 Å². The molecule has 0 aliphatic rings. The van der Waals surface area contributed by atoms with E-state index in [0.29, 0.717) is 5.03 Å². The van der Waals surface area contributed by atoms with E-state index in [1.807, 2.05) is 0 Å². The average molecular weight is 227 g/mol. The van der Waals surface area contributed by atoms with Gasteiger partial charge in [-0.3, -0.25) is 0 Å². The molecule has 1 aromatic rings. The quantitative estimate of drug-likeness (QED) is 0.806. The summed E-state index contributed by atoms with van der Waals surface area (Å²) in [6, 6.07) is 6.21. The predicted octanol–water partition coefficient (Wildman–Crippen LogP) is 2.69. The second-order valence-electron chi connectivity index (χ2n) is 2.91. The van der Waals surface area contributed by atoms with Gasteiger partial charge in [-0.15, -0.1) is 0 Å². The minimum absolute atomic E-state index is 0.0888. The van der Waals surface area contributed by atoms with Gasteiger partial charge in [0.2, 0.25) is 0 Å². The number of para-hydroxylation sites is 1. The summed E-state index contributed by atoms with van der Waals surface area (Å²) in [5.41, 5.74) is 0.151. The number of ether oxygens (including phenoxy) is 1. The third-order valence-corrected chi connectivity index (χ3v) is 1.86. The fraction of sp³-hybridized carbons (Fsp3) is 0.182. The Kier molecular flexibility index (Phi) is 4.18. The number of phenolic OH excluding ortho intramolecular Hbond substituents is 1. The fourth-order valence-electron chi connectivity index (χ4n) is 0.956. The molecule has 0 heterocycles. The molecule has 0 amide bonds. The van der Waals surface area contributed by atoms with E-state index in [1.165, 1.54) is 12.1 Å². The van der Waals surface area contributed by atoms with Crippen LogP contribution in [0.15, 0.2) is 35.4 Å². The van der Waals surface area contributed by atoms with Crippen LogP contribution in [0.5, 0.6) is 5.75 Å². The van der Waals surface area contributed by atoms with E-state index in [2.05, 4.69) is 0 Å². The van der Waals surface area contributed by atoms with Crippen LogP contribution in [0.4, 0.5) is 0 Å². The Morgan fingerprint density at radius 1 is 1.53 bits per heavy atom. The summed E-state index contributed by atoms with van der Waals surface area (Å²) >= 11 is 5.56. The first kappa shape index (κ1) is 11.6. The molecule has 0 spiro atoms. The van der Waals surface area contributed by atoms with Crippen molar-refractivity contribution in [3.63, 3.8) is 0 Å². The molecule has 80 valence electrons. The minimum Gasteiger partial charge on any atom is -0.507 e. The van der Waals surface area contributed by atoms with Gasteiger partial charge in [-0.2, -0.15) is 0 Å². The highest BCUT2D eigenvalue weighted by atomic mass is 35.5. The van der Waals surface area contributed by atoms with Crippen LogP contribution in [0.2, 0.25) is 0 Å².